The van der Waals surface area contributed by atoms with Gasteiger partial charge in [-0.05, 0) is 92.5 Å². The molecule has 68 heavy (non-hydrogen) atoms. The molecule has 0 amide bonds. The number of para-hydroxylation sites is 2. The van der Waals surface area contributed by atoms with Crippen LogP contribution in [0.2, 0.25) is 0 Å². The van der Waals surface area contributed by atoms with E-state index in [1.54, 1.807) is 0 Å². The summed E-state index contributed by atoms with van der Waals surface area (Å²) in [6, 6.07) is 78.3. The molecule has 0 aliphatic heterocycles. The average molecular weight is 885 g/mol. The van der Waals surface area contributed by atoms with Gasteiger partial charge in [0.1, 0.15) is 22.3 Å². The summed E-state index contributed by atoms with van der Waals surface area (Å²) in [5.41, 5.74) is 19.9. The van der Waals surface area contributed by atoms with Gasteiger partial charge >= 0.3 is 0 Å². The van der Waals surface area contributed by atoms with Gasteiger partial charge in [0.15, 0.2) is 5.82 Å². The molecule has 0 saturated heterocycles. The Hall–Kier alpha value is -8.64. The molecule has 0 fully saturated rings. The molecule has 316 valence electrons. The van der Waals surface area contributed by atoms with Crippen molar-refractivity contribution >= 4 is 55.2 Å². The highest BCUT2D eigenvalue weighted by molar-refractivity contribution is 7.19. The van der Waals surface area contributed by atoms with E-state index in [1.807, 2.05) is 35.6 Å². The van der Waals surface area contributed by atoms with Crippen molar-refractivity contribution in [2.75, 3.05) is 0 Å². The summed E-state index contributed by atoms with van der Waals surface area (Å²) >= 11 is 1.91. The van der Waals surface area contributed by atoms with Crippen LogP contribution in [0.4, 0.5) is 0 Å². The van der Waals surface area contributed by atoms with Gasteiger partial charge in [-0.15, -0.1) is 11.3 Å². The molecule has 15 rings (SSSR count). The number of hydrogen-bond donors (Lipinski definition) is 0. The van der Waals surface area contributed by atoms with E-state index in [2.05, 4.69) is 194 Å². The van der Waals surface area contributed by atoms with E-state index in [0.717, 1.165) is 72.0 Å². The van der Waals surface area contributed by atoms with Crippen molar-refractivity contribution in [3.8, 4) is 77.0 Å². The zero-order valence-electron chi connectivity index (χ0n) is 36.4. The van der Waals surface area contributed by atoms with Crippen molar-refractivity contribution in [1.82, 2.24) is 9.97 Å². The van der Waals surface area contributed by atoms with E-state index < -0.39 is 5.41 Å². The summed E-state index contributed by atoms with van der Waals surface area (Å²) < 4.78 is 12.9. The van der Waals surface area contributed by atoms with Crippen LogP contribution in [0.25, 0.3) is 121 Å². The first-order valence-electron chi connectivity index (χ1n) is 23.0. The zero-order chi connectivity index (χ0) is 44.5. The minimum absolute atomic E-state index is 0.597. The molecule has 0 N–H and O–H groups in total. The number of benzene rings is 9. The summed E-state index contributed by atoms with van der Waals surface area (Å²) in [7, 11) is 0. The van der Waals surface area contributed by atoms with Gasteiger partial charge in [-0.3, -0.25) is 0 Å². The van der Waals surface area contributed by atoms with Gasteiger partial charge in [-0.2, -0.15) is 0 Å². The lowest BCUT2D eigenvalue weighted by Crippen LogP contribution is -2.26. The number of nitrogens with zero attached hydrogens (tertiary/aromatic N) is 2. The van der Waals surface area contributed by atoms with Crippen LogP contribution in [-0.2, 0) is 5.41 Å². The van der Waals surface area contributed by atoms with Crippen molar-refractivity contribution in [3.63, 3.8) is 0 Å². The van der Waals surface area contributed by atoms with Crippen LogP contribution in [0.3, 0.4) is 0 Å². The standard InChI is InChI=1S/C63H36N2O2S/c1-3-16-37(17-4-1)60-58-46-23-8-12-26-49(46)63(59(58)61(68-60)38-18-5-2-6-19-38)48-25-11-7-22-45(48)57-47(24-15-27-50(57)63)52-36-51(39-30-32-43-41-20-9-13-28-53(41)66-55(43)34-39)64-62(65-52)40-31-33-44-42-21-10-14-29-54(42)67-56(44)35-40/h1-36H. The Labute approximate surface area is 395 Å². The summed E-state index contributed by atoms with van der Waals surface area (Å²) in [6.07, 6.45) is 0. The van der Waals surface area contributed by atoms with Crippen molar-refractivity contribution in [2.45, 2.75) is 5.41 Å². The molecule has 0 bridgehead atoms. The van der Waals surface area contributed by atoms with Gasteiger partial charge in [0, 0.05) is 53.6 Å². The summed E-state index contributed by atoms with van der Waals surface area (Å²) in [5.74, 6) is 0.619. The maximum absolute atomic E-state index is 6.45. The maximum Gasteiger partial charge on any atom is 0.160 e. The lowest BCUT2D eigenvalue weighted by Gasteiger charge is -2.31. The van der Waals surface area contributed by atoms with Gasteiger partial charge < -0.3 is 8.83 Å². The number of furan rings is 2. The first kappa shape index (κ1) is 37.6. The maximum atomic E-state index is 6.45. The van der Waals surface area contributed by atoms with E-state index in [0.29, 0.717) is 5.82 Å². The zero-order valence-corrected chi connectivity index (χ0v) is 37.2. The fourth-order valence-electron chi connectivity index (χ4n) is 11.5. The Kier molecular flexibility index (Phi) is 7.83. The van der Waals surface area contributed by atoms with E-state index in [1.165, 1.54) is 65.4 Å². The second-order valence-electron chi connectivity index (χ2n) is 17.9. The lowest BCUT2D eigenvalue weighted by molar-refractivity contribution is 0.668. The fourth-order valence-corrected chi connectivity index (χ4v) is 12.9. The molecule has 4 heterocycles. The van der Waals surface area contributed by atoms with Gasteiger partial charge in [0.2, 0.25) is 0 Å². The highest BCUT2D eigenvalue weighted by Gasteiger charge is 2.55. The summed E-state index contributed by atoms with van der Waals surface area (Å²) in [5, 5.41) is 4.32. The third-order valence-electron chi connectivity index (χ3n) is 14.3. The number of rotatable bonds is 5. The summed E-state index contributed by atoms with van der Waals surface area (Å²) in [6.45, 7) is 0. The van der Waals surface area contributed by atoms with Crippen molar-refractivity contribution in [1.29, 1.82) is 0 Å². The minimum Gasteiger partial charge on any atom is -0.456 e. The molecule has 0 radical (unpaired) electrons. The molecule has 2 aliphatic carbocycles. The van der Waals surface area contributed by atoms with Gasteiger partial charge in [-0.1, -0.05) is 176 Å². The molecular weight excluding hydrogens is 849 g/mol. The molecule has 13 aromatic rings. The van der Waals surface area contributed by atoms with Crippen LogP contribution in [0, 0.1) is 0 Å². The monoisotopic (exact) mass is 884 g/mol. The van der Waals surface area contributed by atoms with E-state index in [4.69, 9.17) is 18.8 Å². The SMILES string of the molecule is c1ccc(-c2sc(-c3ccccc3)c3c2-c2ccccc2C32c3ccccc3-c3c(-c4cc(-c5ccc6c(c5)oc5ccccc56)nc(-c5ccc6c(c5)oc5ccccc56)n4)cccc32)cc1. The minimum atomic E-state index is -0.597. The molecule has 9 aromatic carbocycles. The third kappa shape index (κ3) is 5.19. The molecule has 1 unspecified atom stereocenters. The lowest BCUT2D eigenvalue weighted by atomic mass is 9.70. The largest absolute Gasteiger partial charge is 0.456 e. The van der Waals surface area contributed by atoms with Crippen LogP contribution in [0.15, 0.2) is 227 Å². The molecule has 1 spiro atoms. The third-order valence-corrected chi connectivity index (χ3v) is 15.6. The van der Waals surface area contributed by atoms with Gasteiger partial charge in [-0.25, -0.2) is 9.97 Å². The summed E-state index contributed by atoms with van der Waals surface area (Å²) in [4.78, 5) is 13.5. The molecular formula is C63H36N2O2S. The Morgan fingerprint density at radius 1 is 0.338 bits per heavy atom. The molecule has 4 aromatic heterocycles. The molecule has 1 atom stereocenters. The Bertz CT molecular complexity index is 4090. The second kappa shape index (κ2) is 14.2. The van der Waals surface area contributed by atoms with Gasteiger partial charge in [0.05, 0.1) is 16.8 Å². The number of hydrogen-bond acceptors (Lipinski definition) is 5. The number of fused-ring (bicyclic) bond motifs is 16. The topological polar surface area (TPSA) is 52.1 Å². The highest BCUT2D eigenvalue weighted by atomic mass is 32.1. The van der Waals surface area contributed by atoms with Crippen molar-refractivity contribution in [2.24, 2.45) is 0 Å². The van der Waals surface area contributed by atoms with Crippen LogP contribution in [-0.4, -0.2) is 9.97 Å². The van der Waals surface area contributed by atoms with Crippen LogP contribution in [0.5, 0.6) is 0 Å². The predicted octanol–water partition coefficient (Wildman–Crippen LogP) is 17.0. The number of aromatic nitrogens is 2. The van der Waals surface area contributed by atoms with E-state index >= 15 is 0 Å². The molecule has 4 nitrogen and oxygen atoms in total. The smallest absolute Gasteiger partial charge is 0.160 e. The van der Waals surface area contributed by atoms with E-state index in [-0.39, 0.29) is 0 Å². The Morgan fingerprint density at radius 3 is 1.51 bits per heavy atom. The first-order chi connectivity index (χ1) is 33.7. The normalized spacial score (nSPS) is 14.5. The molecule has 5 heteroatoms. The molecule has 0 saturated carbocycles. The predicted molar refractivity (Wildman–Crippen MR) is 278 cm³/mol. The quantitative estimate of drug-likeness (QED) is 0.173. The van der Waals surface area contributed by atoms with Crippen molar-refractivity contribution < 1.29 is 8.83 Å². The Morgan fingerprint density at radius 2 is 0.838 bits per heavy atom. The number of thiophene rings is 1. The van der Waals surface area contributed by atoms with Crippen LogP contribution in [0.1, 0.15) is 22.3 Å². The second-order valence-corrected chi connectivity index (χ2v) is 18.9. The molecule has 2 aliphatic rings. The van der Waals surface area contributed by atoms with Gasteiger partial charge in [0.25, 0.3) is 0 Å². The Balaban J connectivity index is 1.01. The van der Waals surface area contributed by atoms with Crippen LogP contribution < -0.4 is 0 Å². The highest BCUT2D eigenvalue weighted by Crippen LogP contribution is 2.68. The van der Waals surface area contributed by atoms with Crippen molar-refractivity contribution in [3.05, 3.63) is 241 Å². The average Bonchev–Trinajstić information content (AvgIpc) is 4.21. The fraction of sp³-hybridized carbons (Fsp3) is 0.0159. The van der Waals surface area contributed by atoms with Crippen LogP contribution >= 0.6 is 11.3 Å². The first-order valence-corrected chi connectivity index (χ1v) is 23.9. The van der Waals surface area contributed by atoms with E-state index in [9.17, 15) is 0 Å².